The first-order valence-corrected chi connectivity index (χ1v) is 11.8. The van der Waals surface area contributed by atoms with Crippen molar-refractivity contribution in [1.82, 2.24) is 14.5 Å². The monoisotopic (exact) mass is 494 g/mol. The number of benzene rings is 1. The number of carboxylic acids is 1. The number of nitrogens with one attached hydrogen (secondary N) is 1. The zero-order valence-electron chi connectivity index (χ0n) is 19.5. The summed E-state index contributed by atoms with van der Waals surface area (Å²) in [5, 5.41) is 12.5. The molecule has 0 fully saturated rings. The van der Waals surface area contributed by atoms with Crippen LogP contribution in [0.15, 0.2) is 24.4 Å². The number of imidazole rings is 1. The minimum absolute atomic E-state index is 0.0683. The number of carboxylic acid groups (broad SMARTS) is 1. The van der Waals surface area contributed by atoms with Gasteiger partial charge in [0, 0.05) is 25.7 Å². The number of fused-ring (bicyclic) bond motifs is 2. The van der Waals surface area contributed by atoms with Gasteiger partial charge in [0.2, 0.25) is 11.9 Å². The predicted molar refractivity (Wildman–Crippen MR) is 121 cm³/mol. The smallest absolute Gasteiger partial charge is 0.406 e. The average Bonchev–Trinajstić information content (AvgIpc) is 3.17. The van der Waals surface area contributed by atoms with Gasteiger partial charge in [0.15, 0.2) is 0 Å². The lowest BCUT2D eigenvalue weighted by Crippen LogP contribution is -2.43. The summed E-state index contributed by atoms with van der Waals surface area (Å²) in [6.45, 7) is 2.42. The maximum Gasteiger partial charge on any atom is 0.406 e. The highest BCUT2D eigenvalue weighted by Gasteiger charge is 2.42. The highest BCUT2D eigenvalue weighted by atomic mass is 19.4. The van der Waals surface area contributed by atoms with E-state index in [0.29, 0.717) is 29.9 Å². The molecule has 11 heteroatoms. The second-order valence-corrected chi connectivity index (χ2v) is 8.99. The number of hydrogen-bond donors (Lipinski definition) is 2. The number of aryl methyl sites for hydroxylation is 1. The molecule has 8 nitrogen and oxygen atoms in total. The number of aliphatic carboxylic acids is 1. The molecule has 0 spiro atoms. The number of hydrogen-bond acceptors (Lipinski definition) is 5. The molecule has 0 saturated carbocycles. The van der Waals surface area contributed by atoms with Gasteiger partial charge >= 0.3 is 12.1 Å². The second kappa shape index (κ2) is 10.2. The molecular weight excluding hydrogens is 465 g/mol. The van der Waals surface area contributed by atoms with Gasteiger partial charge < -0.3 is 24.6 Å². The van der Waals surface area contributed by atoms with Gasteiger partial charge in [-0.05, 0) is 42.5 Å². The van der Waals surface area contributed by atoms with Crippen molar-refractivity contribution in [2.75, 3.05) is 25.0 Å². The molecule has 0 radical (unpaired) electrons. The predicted octanol–water partition coefficient (Wildman–Crippen LogP) is 3.81. The minimum Gasteiger partial charge on any atom is -0.493 e. The average molecular weight is 495 g/mol. The van der Waals surface area contributed by atoms with E-state index in [4.69, 9.17) is 4.74 Å². The van der Waals surface area contributed by atoms with Crippen molar-refractivity contribution in [3.63, 3.8) is 0 Å². The number of rotatable bonds is 8. The lowest BCUT2D eigenvalue weighted by molar-refractivity contribution is -0.169. The van der Waals surface area contributed by atoms with Gasteiger partial charge in [-0.1, -0.05) is 13.0 Å². The molecule has 2 aromatic rings. The van der Waals surface area contributed by atoms with Crippen LogP contribution < -0.4 is 10.1 Å². The number of carbonyl (C=O) groups excluding carboxylic acids is 1. The van der Waals surface area contributed by atoms with E-state index in [1.807, 2.05) is 6.20 Å². The van der Waals surface area contributed by atoms with Crippen LogP contribution in [0.1, 0.15) is 49.0 Å². The summed E-state index contributed by atoms with van der Waals surface area (Å²) < 4.78 is 48.1. The van der Waals surface area contributed by atoms with Gasteiger partial charge in [0.1, 0.15) is 12.3 Å². The molecule has 3 heterocycles. The molecule has 1 amide bonds. The van der Waals surface area contributed by atoms with E-state index in [-0.39, 0.29) is 12.8 Å². The minimum atomic E-state index is -4.60. The van der Waals surface area contributed by atoms with Gasteiger partial charge in [0.05, 0.1) is 30.7 Å². The van der Waals surface area contributed by atoms with Crippen molar-refractivity contribution in [2.24, 2.45) is 5.92 Å². The maximum atomic E-state index is 13.4. The molecule has 2 unspecified atom stereocenters. The second-order valence-electron chi connectivity index (χ2n) is 8.99. The van der Waals surface area contributed by atoms with Crippen LogP contribution in [0.5, 0.6) is 5.75 Å². The van der Waals surface area contributed by atoms with Gasteiger partial charge in [-0.25, -0.2) is 4.98 Å². The molecule has 0 saturated heterocycles. The fraction of sp³-hybridized carbons (Fsp3) is 0.542. The van der Waals surface area contributed by atoms with Crippen LogP contribution in [-0.4, -0.2) is 57.3 Å². The maximum absolute atomic E-state index is 13.4. The summed E-state index contributed by atoms with van der Waals surface area (Å²) in [4.78, 5) is 29.7. The first-order valence-electron chi connectivity index (χ1n) is 11.8. The molecule has 35 heavy (non-hydrogen) atoms. The Balaban J connectivity index is 1.54. The molecule has 2 aliphatic heterocycles. The first kappa shape index (κ1) is 24.9. The number of ether oxygens (including phenoxy) is 1. The molecule has 0 aliphatic carbocycles. The fourth-order valence-corrected chi connectivity index (χ4v) is 4.88. The molecule has 2 atom stereocenters. The molecule has 4 rings (SSSR count). The largest absolute Gasteiger partial charge is 0.493 e. The molecule has 2 N–H and O–H groups in total. The summed E-state index contributed by atoms with van der Waals surface area (Å²) in [5.74, 6) is -1.74. The number of anilines is 1. The van der Waals surface area contributed by atoms with Crippen LogP contribution in [-0.2, 0) is 29.0 Å². The number of amides is 1. The van der Waals surface area contributed by atoms with Crippen LogP contribution in [0, 0.1) is 5.92 Å². The van der Waals surface area contributed by atoms with Crippen molar-refractivity contribution in [2.45, 2.75) is 57.8 Å². The van der Waals surface area contributed by atoms with E-state index in [0.717, 1.165) is 36.1 Å². The summed E-state index contributed by atoms with van der Waals surface area (Å²) in [5.41, 5.74) is 2.12. The Kier molecular flexibility index (Phi) is 7.23. The van der Waals surface area contributed by atoms with E-state index in [1.54, 1.807) is 25.1 Å². The van der Waals surface area contributed by atoms with Crippen LogP contribution in [0.3, 0.4) is 0 Å². The third kappa shape index (κ3) is 5.88. The Morgan fingerprint density at radius 3 is 2.83 bits per heavy atom. The van der Waals surface area contributed by atoms with Crippen molar-refractivity contribution in [3.05, 3.63) is 41.2 Å². The molecular formula is C24H29F3N4O4. The van der Waals surface area contributed by atoms with Gasteiger partial charge in [-0.2, -0.15) is 13.2 Å². The lowest BCUT2D eigenvalue weighted by Gasteiger charge is -2.32. The highest BCUT2D eigenvalue weighted by Crippen LogP contribution is 2.38. The zero-order chi connectivity index (χ0) is 25.2. The third-order valence-corrected chi connectivity index (χ3v) is 6.42. The quantitative estimate of drug-likeness (QED) is 0.580. The summed E-state index contributed by atoms with van der Waals surface area (Å²) in [6.07, 6.45) is -1.22. The molecule has 190 valence electrons. The van der Waals surface area contributed by atoms with Crippen molar-refractivity contribution >= 4 is 17.8 Å². The molecule has 1 aromatic carbocycles. The Labute approximate surface area is 201 Å². The van der Waals surface area contributed by atoms with Crippen molar-refractivity contribution < 1.29 is 32.6 Å². The number of halogens is 3. The SMILES string of the molecule is CCC1c2cc(OCCc3cn4c(n3)NCCC4)ccc2CC(CC(=O)O)C(=O)N1CC(F)(F)F. The first-order chi connectivity index (χ1) is 16.6. The van der Waals surface area contributed by atoms with E-state index >= 15 is 0 Å². The van der Waals surface area contributed by atoms with Crippen molar-refractivity contribution in [3.8, 4) is 5.75 Å². The van der Waals surface area contributed by atoms with Gasteiger partial charge in [-0.3, -0.25) is 9.59 Å². The Morgan fingerprint density at radius 1 is 1.34 bits per heavy atom. The van der Waals surface area contributed by atoms with E-state index < -0.39 is 43.0 Å². The van der Waals surface area contributed by atoms with Crippen LogP contribution >= 0.6 is 0 Å². The standard InChI is InChI=1S/C24H29F3N4O4/c1-2-20-19-12-18(35-9-6-17-13-30-8-3-7-28-23(30)29-17)5-4-15(19)10-16(11-21(32)33)22(34)31(20)14-24(25,26)27/h4-5,12-13,16,20H,2-3,6-11,14H2,1H3,(H,28,29)(H,32,33). The van der Waals surface area contributed by atoms with Crippen LogP contribution in [0.2, 0.25) is 0 Å². The zero-order valence-corrected chi connectivity index (χ0v) is 19.5. The molecule has 0 bridgehead atoms. The summed E-state index contributed by atoms with van der Waals surface area (Å²) in [7, 11) is 0. The van der Waals surface area contributed by atoms with E-state index in [2.05, 4.69) is 14.9 Å². The van der Waals surface area contributed by atoms with Gasteiger partial charge in [-0.15, -0.1) is 0 Å². The Bertz CT molecular complexity index is 1060. The lowest BCUT2D eigenvalue weighted by atomic mass is 9.92. The Morgan fingerprint density at radius 2 is 2.14 bits per heavy atom. The van der Waals surface area contributed by atoms with Gasteiger partial charge in [0.25, 0.3) is 0 Å². The number of nitrogens with zero attached hydrogens (tertiary/aromatic N) is 3. The number of carbonyl (C=O) groups is 2. The van der Waals surface area contributed by atoms with Crippen molar-refractivity contribution in [1.29, 1.82) is 0 Å². The highest BCUT2D eigenvalue weighted by molar-refractivity contribution is 5.84. The number of alkyl halides is 3. The van der Waals surface area contributed by atoms with E-state index in [9.17, 15) is 27.9 Å². The van der Waals surface area contributed by atoms with Crippen LogP contribution in [0.4, 0.5) is 19.1 Å². The van der Waals surface area contributed by atoms with Crippen LogP contribution in [0.25, 0.3) is 0 Å². The summed E-state index contributed by atoms with van der Waals surface area (Å²) >= 11 is 0. The Hall–Kier alpha value is -3.24. The number of aromatic nitrogens is 2. The summed E-state index contributed by atoms with van der Waals surface area (Å²) in [6, 6.07) is 4.30. The third-order valence-electron chi connectivity index (χ3n) is 6.42. The van der Waals surface area contributed by atoms with E-state index in [1.165, 1.54) is 0 Å². The fourth-order valence-electron chi connectivity index (χ4n) is 4.88. The molecule has 2 aliphatic rings. The topological polar surface area (TPSA) is 96.7 Å². The molecule has 1 aromatic heterocycles. The normalized spacial score (nSPS) is 20.0.